The quantitative estimate of drug-likeness (QED) is 0.448. The first kappa shape index (κ1) is 22.9. The molecule has 4 aromatic rings. The molecule has 0 atom stereocenters. The summed E-state index contributed by atoms with van der Waals surface area (Å²) in [5.74, 6) is -2.15. The van der Waals surface area contributed by atoms with Crippen LogP contribution in [0, 0.1) is 31.0 Å². The zero-order valence-corrected chi connectivity index (χ0v) is 18.9. The minimum atomic E-state index is -0.855. The van der Waals surface area contributed by atoms with Gasteiger partial charge in [0, 0.05) is 11.5 Å². The lowest BCUT2D eigenvalue weighted by atomic mass is 10.1. The van der Waals surface area contributed by atoms with Crippen LogP contribution < -0.4 is 11.1 Å². The Kier molecular flexibility index (Phi) is 6.01. The van der Waals surface area contributed by atoms with E-state index in [1.807, 2.05) is 6.07 Å². The first-order chi connectivity index (χ1) is 16.2. The predicted octanol–water partition coefficient (Wildman–Crippen LogP) is 4.11. The monoisotopic (exact) mass is 476 g/mol. The van der Waals surface area contributed by atoms with Crippen molar-refractivity contribution in [1.82, 2.24) is 14.8 Å². The van der Waals surface area contributed by atoms with Crippen LogP contribution in [0.2, 0.25) is 5.02 Å². The molecule has 4 rings (SSSR count). The lowest BCUT2D eigenvalue weighted by Gasteiger charge is -2.11. The molecule has 0 saturated heterocycles. The van der Waals surface area contributed by atoms with Crippen LogP contribution in [-0.2, 0) is 6.54 Å². The molecular formula is C24H18ClFN6O2. The van der Waals surface area contributed by atoms with E-state index in [2.05, 4.69) is 21.5 Å². The summed E-state index contributed by atoms with van der Waals surface area (Å²) < 4.78 is 15.7. The van der Waals surface area contributed by atoms with E-state index in [-0.39, 0.29) is 27.2 Å². The van der Waals surface area contributed by atoms with Gasteiger partial charge in [0.15, 0.2) is 0 Å². The molecule has 0 unspecified atom stereocenters. The smallest absolute Gasteiger partial charge is 0.267 e. The number of nitrogens with two attached hydrogens (primary N) is 1. The van der Waals surface area contributed by atoms with Crippen LogP contribution in [0.3, 0.4) is 0 Å². The van der Waals surface area contributed by atoms with Crippen molar-refractivity contribution in [2.24, 2.45) is 5.73 Å². The zero-order chi connectivity index (χ0) is 24.6. The van der Waals surface area contributed by atoms with Gasteiger partial charge in [0.1, 0.15) is 11.5 Å². The number of aromatic nitrogens is 3. The fraction of sp³-hybridized carbons (Fsp3) is 0.125. The minimum absolute atomic E-state index is 0.0639. The van der Waals surface area contributed by atoms with Gasteiger partial charge >= 0.3 is 0 Å². The summed E-state index contributed by atoms with van der Waals surface area (Å²) in [5, 5.41) is 16.5. The number of rotatable bonds is 5. The van der Waals surface area contributed by atoms with Crippen LogP contribution in [-0.4, -0.2) is 26.6 Å². The van der Waals surface area contributed by atoms with E-state index < -0.39 is 17.6 Å². The summed E-state index contributed by atoms with van der Waals surface area (Å²) in [6, 6.07) is 12.8. The number of primary amides is 1. The van der Waals surface area contributed by atoms with Crippen LogP contribution in [0.1, 0.15) is 43.4 Å². The Hall–Kier alpha value is -4.29. The highest BCUT2D eigenvalue weighted by molar-refractivity contribution is 6.31. The predicted molar refractivity (Wildman–Crippen MR) is 125 cm³/mol. The number of nitriles is 1. The highest BCUT2D eigenvalue weighted by atomic mass is 35.5. The second-order valence-electron chi connectivity index (χ2n) is 7.67. The van der Waals surface area contributed by atoms with Gasteiger partial charge in [-0.05, 0) is 43.7 Å². The maximum absolute atomic E-state index is 14.0. The number of pyridine rings is 1. The molecule has 0 aliphatic carbocycles. The number of carbonyl (C=O) groups is 2. The molecule has 2 amide bonds. The van der Waals surface area contributed by atoms with E-state index in [1.54, 1.807) is 36.7 Å². The van der Waals surface area contributed by atoms with E-state index in [9.17, 15) is 14.0 Å². The maximum Gasteiger partial charge on any atom is 0.267 e. The number of nitrogens with one attached hydrogen (secondary N) is 1. The van der Waals surface area contributed by atoms with Gasteiger partial charge in [-0.2, -0.15) is 10.4 Å². The average Bonchev–Trinajstić information content (AvgIpc) is 3.06. The molecule has 2 aromatic heterocycles. The molecule has 170 valence electrons. The van der Waals surface area contributed by atoms with Crippen molar-refractivity contribution in [1.29, 1.82) is 5.26 Å². The molecule has 2 heterocycles. The number of benzene rings is 2. The molecule has 0 spiro atoms. The summed E-state index contributed by atoms with van der Waals surface area (Å²) >= 11 is 5.92. The Morgan fingerprint density at radius 2 is 2.00 bits per heavy atom. The van der Waals surface area contributed by atoms with Crippen molar-refractivity contribution in [2.45, 2.75) is 20.4 Å². The van der Waals surface area contributed by atoms with Crippen molar-refractivity contribution in [3.63, 3.8) is 0 Å². The van der Waals surface area contributed by atoms with Crippen molar-refractivity contribution in [3.8, 4) is 6.07 Å². The Balaban J connectivity index is 1.71. The fourth-order valence-corrected chi connectivity index (χ4v) is 3.82. The normalized spacial score (nSPS) is 10.8. The number of nitrogens with zero attached hydrogens (tertiary/aromatic N) is 4. The second-order valence-corrected chi connectivity index (χ2v) is 8.08. The first-order valence-electron chi connectivity index (χ1n) is 10.1. The van der Waals surface area contributed by atoms with E-state index in [4.69, 9.17) is 22.6 Å². The van der Waals surface area contributed by atoms with Crippen LogP contribution in [0.25, 0.3) is 10.9 Å². The Labute approximate surface area is 198 Å². The molecule has 0 saturated carbocycles. The number of fused-ring (bicyclic) bond motifs is 1. The van der Waals surface area contributed by atoms with Gasteiger partial charge in [0.2, 0.25) is 0 Å². The average molecular weight is 477 g/mol. The summed E-state index contributed by atoms with van der Waals surface area (Å²) in [4.78, 5) is 29.0. The summed E-state index contributed by atoms with van der Waals surface area (Å²) in [5.41, 5.74) is 8.47. The molecule has 0 radical (unpaired) electrons. The Bertz CT molecular complexity index is 1520. The van der Waals surface area contributed by atoms with Crippen LogP contribution >= 0.6 is 11.6 Å². The summed E-state index contributed by atoms with van der Waals surface area (Å²) in [6.45, 7) is 3.95. The van der Waals surface area contributed by atoms with Gasteiger partial charge in [0.25, 0.3) is 11.8 Å². The molecule has 0 bridgehead atoms. The minimum Gasteiger partial charge on any atom is -0.364 e. The van der Waals surface area contributed by atoms with Gasteiger partial charge in [-0.25, -0.2) is 9.37 Å². The number of anilines is 1. The number of hydrogen-bond donors (Lipinski definition) is 2. The maximum atomic E-state index is 14.0. The molecule has 34 heavy (non-hydrogen) atoms. The number of amides is 2. The van der Waals surface area contributed by atoms with Crippen molar-refractivity contribution in [3.05, 3.63) is 87.1 Å². The third-order valence-corrected chi connectivity index (χ3v) is 5.65. The van der Waals surface area contributed by atoms with Crippen molar-refractivity contribution in [2.75, 3.05) is 5.32 Å². The van der Waals surface area contributed by atoms with E-state index in [0.29, 0.717) is 29.2 Å². The number of aryl methyl sites for hydroxylation is 1. The molecule has 0 aliphatic heterocycles. The van der Waals surface area contributed by atoms with Crippen molar-refractivity contribution < 1.29 is 14.0 Å². The molecule has 0 aliphatic rings. The first-order valence-corrected chi connectivity index (χ1v) is 10.5. The Morgan fingerprint density at radius 3 is 2.71 bits per heavy atom. The molecular weight excluding hydrogens is 459 g/mol. The highest BCUT2D eigenvalue weighted by Gasteiger charge is 2.20. The third-order valence-electron chi connectivity index (χ3n) is 5.36. The lowest BCUT2D eigenvalue weighted by molar-refractivity contribution is 0.0996. The second kappa shape index (κ2) is 8.92. The largest absolute Gasteiger partial charge is 0.364 e. The standard InChI is InChI=1S/C24H18ClFN6O2/c1-12-22(13(2)32(31-12)11-15-5-3-4-14(6-15)10-27)30-24(34)17-8-21(23(28)33)29-20-9-19(26)18(25)7-16(17)20/h3-9H,11H2,1-2H3,(H2,28,33)(H,30,34). The van der Waals surface area contributed by atoms with E-state index in [0.717, 1.165) is 11.6 Å². The lowest BCUT2D eigenvalue weighted by Crippen LogP contribution is -2.18. The van der Waals surface area contributed by atoms with Crippen LogP contribution in [0.15, 0.2) is 42.5 Å². The van der Waals surface area contributed by atoms with Crippen molar-refractivity contribution >= 4 is 40.0 Å². The molecule has 8 nitrogen and oxygen atoms in total. The Morgan fingerprint density at radius 1 is 1.24 bits per heavy atom. The fourth-order valence-electron chi connectivity index (χ4n) is 3.66. The van der Waals surface area contributed by atoms with Gasteiger partial charge < -0.3 is 11.1 Å². The topological polar surface area (TPSA) is 127 Å². The highest BCUT2D eigenvalue weighted by Crippen LogP contribution is 2.27. The van der Waals surface area contributed by atoms with Gasteiger partial charge in [-0.1, -0.05) is 23.7 Å². The van der Waals surface area contributed by atoms with Gasteiger partial charge in [-0.15, -0.1) is 0 Å². The number of carbonyl (C=O) groups excluding carboxylic acids is 2. The zero-order valence-electron chi connectivity index (χ0n) is 18.2. The van der Waals surface area contributed by atoms with Gasteiger partial charge in [0.05, 0.1) is 51.4 Å². The molecule has 2 aromatic carbocycles. The number of halogens is 2. The van der Waals surface area contributed by atoms with E-state index in [1.165, 1.54) is 12.1 Å². The van der Waals surface area contributed by atoms with Crippen LogP contribution in [0.4, 0.5) is 10.1 Å². The molecule has 3 N–H and O–H groups in total. The molecule has 0 fully saturated rings. The van der Waals surface area contributed by atoms with Crippen LogP contribution in [0.5, 0.6) is 0 Å². The molecule has 10 heteroatoms. The SMILES string of the molecule is Cc1nn(Cc2cccc(C#N)c2)c(C)c1NC(=O)c1cc(C(N)=O)nc2cc(F)c(Cl)cc12. The number of hydrogen-bond acceptors (Lipinski definition) is 5. The summed E-state index contributed by atoms with van der Waals surface area (Å²) in [6.07, 6.45) is 0. The van der Waals surface area contributed by atoms with E-state index >= 15 is 0 Å². The summed E-state index contributed by atoms with van der Waals surface area (Å²) in [7, 11) is 0. The third kappa shape index (κ3) is 4.31. The van der Waals surface area contributed by atoms with Gasteiger partial charge in [-0.3, -0.25) is 14.3 Å².